The van der Waals surface area contributed by atoms with Gasteiger partial charge in [-0.15, -0.1) is 0 Å². The average molecular weight is 211 g/mol. The third kappa shape index (κ3) is 1.30. The number of fused-ring (bicyclic) bond motifs is 1. The maximum atomic E-state index is 11.3. The number of hydrogen-bond donors (Lipinski definition) is 0. The van der Waals surface area contributed by atoms with Gasteiger partial charge in [0.15, 0.2) is 5.78 Å². The van der Waals surface area contributed by atoms with Gasteiger partial charge in [0, 0.05) is 29.8 Å². The number of hydrogen-bond acceptors (Lipinski definition) is 1. The number of allylic oxidation sites excluding steroid dienone is 2. The fourth-order valence-corrected chi connectivity index (χ4v) is 2.36. The predicted molar refractivity (Wildman–Crippen MR) is 65.2 cm³/mol. The number of rotatable bonds is 1. The normalized spacial score (nSPS) is 15.8. The fraction of sp³-hybridized carbons (Fsp3) is 0.214. The molecule has 0 unspecified atom stereocenters. The van der Waals surface area contributed by atoms with Crippen LogP contribution in [-0.2, 0) is 4.79 Å². The molecule has 0 bridgehead atoms. The standard InChI is InChI=1S/C14H13NO/c1-10-9-15(11-6-7-12(16)8-11)14-5-3-2-4-13(10)14/h2-5,8-9H,6-7H2,1H3. The summed E-state index contributed by atoms with van der Waals surface area (Å²) >= 11 is 0. The van der Waals surface area contributed by atoms with Crippen LogP contribution in [0.4, 0.5) is 0 Å². The second-order valence-electron chi connectivity index (χ2n) is 4.30. The van der Waals surface area contributed by atoms with Crippen LogP contribution in [0.3, 0.4) is 0 Å². The number of carbonyl (C=O) groups excluding carboxylic acids is 1. The molecule has 0 spiro atoms. The highest BCUT2D eigenvalue weighted by Gasteiger charge is 2.15. The van der Waals surface area contributed by atoms with E-state index in [9.17, 15) is 4.79 Å². The van der Waals surface area contributed by atoms with Gasteiger partial charge in [-0.3, -0.25) is 4.79 Å². The van der Waals surface area contributed by atoms with Crippen molar-refractivity contribution < 1.29 is 4.79 Å². The van der Waals surface area contributed by atoms with Gasteiger partial charge in [-0.2, -0.15) is 0 Å². The van der Waals surface area contributed by atoms with Gasteiger partial charge in [-0.25, -0.2) is 0 Å². The van der Waals surface area contributed by atoms with Crippen molar-refractivity contribution in [1.29, 1.82) is 0 Å². The summed E-state index contributed by atoms with van der Waals surface area (Å²) in [5.41, 5.74) is 3.58. The van der Waals surface area contributed by atoms with Crippen molar-refractivity contribution in [3.63, 3.8) is 0 Å². The van der Waals surface area contributed by atoms with Crippen molar-refractivity contribution in [2.24, 2.45) is 0 Å². The smallest absolute Gasteiger partial charge is 0.157 e. The van der Waals surface area contributed by atoms with E-state index in [2.05, 4.69) is 29.8 Å². The SMILES string of the molecule is Cc1cn(C2=CC(=O)CC2)c2ccccc12. The van der Waals surface area contributed by atoms with Crippen molar-refractivity contribution >= 4 is 22.4 Å². The first-order valence-electron chi connectivity index (χ1n) is 5.56. The van der Waals surface area contributed by atoms with Crippen molar-refractivity contribution in [1.82, 2.24) is 4.57 Å². The number of aromatic nitrogens is 1. The van der Waals surface area contributed by atoms with Crippen LogP contribution >= 0.6 is 0 Å². The Morgan fingerprint density at radius 3 is 2.75 bits per heavy atom. The molecule has 0 atom stereocenters. The first kappa shape index (κ1) is 9.40. The highest BCUT2D eigenvalue weighted by atomic mass is 16.1. The summed E-state index contributed by atoms with van der Waals surface area (Å²) in [6, 6.07) is 8.31. The summed E-state index contributed by atoms with van der Waals surface area (Å²) in [4.78, 5) is 11.3. The van der Waals surface area contributed by atoms with Gasteiger partial charge < -0.3 is 4.57 Å². The second-order valence-corrected chi connectivity index (χ2v) is 4.30. The monoisotopic (exact) mass is 211 g/mol. The zero-order chi connectivity index (χ0) is 11.1. The predicted octanol–water partition coefficient (Wildman–Crippen LogP) is 3.15. The molecule has 0 aliphatic heterocycles. The van der Waals surface area contributed by atoms with Gasteiger partial charge in [0.2, 0.25) is 0 Å². The molecule has 1 aromatic carbocycles. The van der Waals surface area contributed by atoms with Crippen LogP contribution in [0.5, 0.6) is 0 Å². The lowest BCUT2D eigenvalue weighted by Gasteiger charge is -2.04. The minimum absolute atomic E-state index is 0.241. The molecule has 0 radical (unpaired) electrons. The first-order valence-corrected chi connectivity index (χ1v) is 5.56. The van der Waals surface area contributed by atoms with E-state index in [1.807, 2.05) is 12.1 Å². The molecule has 1 aliphatic carbocycles. The largest absolute Gasteiger partial charge is 0.320 e. The maximum absolute atomic E-state index is 11.3. The van der Waals surface area contributed by atoms with Crippen LogP contribution in [0.15, 0.2) is 36.5 Å². The molecule has 16 heavy (non-hydrogen) atoms. The molecule has 1 aliphatic rings. The van der Waals surface area contributed by atoms with Crippen molar-refractivity contribution in [2.75, 3.05) is 0 Å². The molecular weight excluding hydrogens is 198 g/mol. The summed E-state index contributed by atoms with van der Waals surface area (Å²) in [7, 11) is 0. The Morgan fingerprint density at radius 1 is 1.19 bits per heavy atom. The summed E-state index contributed by atoms with van der Waals surface area (Å²) in [6.07, 6.45) is 5.40. The molecule has 80 valence electrons. The Morgan fingerprint density at radius 2 is 2.00 bits per heavy atom. The van der Waals surface area contributed by atoms with E-state index < -0.39 is 0 Å². The van der Waals surface area contributed by atoms with Gasteiger partial charge in [0.05, 0.1) is 5.52 Å². The van der Waals surface area contributed by atoms with Crippen molar-refractivity contribution in [3.05, 3.63) is 42.1 Å². The van der Waals surface area contributed by atoms with Gasteiger partial charge in [-0.1, -0.05) is 18.2 Å². The molecule has 2 heteroatoms. The molecule has 2 nitrogen and oxygen atoms in total. The Labute approximate surface area is 94.2 Å². The second kappa shape index (κ2) is 3.34. The number of benzene rings is 1. The van der Waals surface area contributed by atoms with Crippen LogP contribution in [0.1, 0.15) is 18.4 Å². The zero-order valence-electron chi connectivity index (χ0n) is 9.23. The van der Waals surface area contributed by atoms with Gasteiger partial charge in [-0.05, 0) is 25.0 Å². The number of aryl methyl sites for hydroxylation is 1. The minimum Gasteiger partial charge on any atom is -0.320 e. The van der Waals surface area contributed by atoms with Crippen LogP contribution in [0.2, 0.25) is 0 Å². The van der Waals surface area contributed by atoms with Gasteiger partial charge in [0.25, 0.3) is 0 Å². The highest BCUT2D eigenvalue weighted by Crippen LogP contribution is 2.28. The summed E-state index contributed by atoms with van der Waals surface area (Å²) in [6.45, 7) is 2.11. The van der Waals surface area contributed by atoms with E-state index >= 15 is 0 Å². The summed E-state index contributed by atoms with van der Waals surface area (Å²) < 4.78 is 2.15. The number of ketones is 1. The van der Waals surface area contributed by atoms with E-state index in [4.69, 9.17) is 0 Å². The van der Waals surface area contributed by atoms with E-state index in [1.54, 1.807) is 6.08 Å². The minimum atomic E-state index is 0.241. The number of carbonyl (C=O) groups is 1. The molecule has 2 aromatic rings. The van der Waals surface area contributed by atoms with Crippen LogP contribution in [-0.4, -0.2) is 10.4 Å². The van der Waals surface area contributed by atoms with E-state index in [1.165, 1.54) is 16.5 Å². The zero-order valence-corrected chi connectivity index (χ0v) is 9.23. The summed E-state index contributed by atoms with van der Waals surface area (Å²) in [5, 5.41) is 1.27. The molecule has 0 saturated heterocycles. The van der Waals surface area contributed by atoms with E-state index in [0.29, 0.717) is 6.42 Å². The number of nitrogens with zero attached hydrogens (tertiary/aromatic N) is 1. The average Bonchev–Trinajstić information content (AvgIpc) is 2.84. The van der Waals surface area contributed by atoms with Gasteiger partial charge in [0.1, 0.15) is 0 Å². The quantitative estimate of drug-likeness (QED) is 0.710. The van der Waals surface area contributed by atoms with Gasteiger partial charge >= 0.3 is 0 Å². The molecule has 3 rings (SSSR count). The molecular formula is C14H13NO. The molecule has 0 amide bonds. The van der Waals surface area contributed by atoms with Crippen LogP contribution in [0, 0.1) is 6.92 Å². The lowest BCUT2D eigenvalue weighted by molar-refractivity contribution is -0.114. The Kier molecular flexibility index (Phi) is 1.96. The molecule has 0 saturated carbocycles. The highest BCUT2D eigenvalue weighted by molar-refractivity contribution is 6.00. The maximum Gasteiger partial charge on any atom is 0.157 e. The third-order valence-electron chi connectivity index (χ3n) is 3.18. The van der Waals surface area contributed by atoms with E-state index in [0.717, 1.165) is 12.1 Å². The fourth-order valence-electron chi connectivity index (χ4n) is 2.36. The number of para-hydroxylation sites is 1. The summed E-state index contributed by atoms with van der Waals surface area (Å²) in [5.74, 6) is 0.241. The lowest BCUT2D eigenvalue weighted by atomic mass is 10.2. The molecule has 0 fully saturated rings. The third-order valence-corrected chi connectivity index (χ3v) is 3.18. The molecule has 1 aromatic heterocycles. The topological polar surface area (TPSA) is 22.0 Å². The van der Waals surface area contributed by atoms with Crippen molar-refractivity contribution in [2.45, 2.75) is 19.8 Å². The van der Waals surface area contributed by atoms with E-state index in [-0.39, 0.29) is 5.78 Å². The van der Waals surface area contributed by atoms with Crippen LogP contribution in [0.25, 0.3) is 16.6 Å². The molecule has 1 heterocycles. The Hall–Kier alpha value is -1.83. The van der Waals surface area contributed by atoms with Crippen LogP contribution < -0.4 is 0 Å². The lowest BCUT2D eigenvalue weighted by Crippen LogP contribution is -1.91. The molecule has 0 N–H and O–H groups in total. The Balaban J connectivity index is 2.25. The first-order chi connectivity index (χ1) is 7.75. The Bertz CT molecular complexity index is 604. The van der Waals surface area contributed by atoms with Crippen molar-refractivity contribution in [3.8, 4) is 0 Å².